The highest BCUT2D eigenvalue weighted by molar-refractivity contribution is 9.10. The van der Waals surface area contributed by atoms with Crippen molar-refractivity contribution in [2.24, 2.45) is 0 Å². The van der Waals surface area contributed by atoms with Gasteiger partial charge in [-0.15, -0.1) is 0 Å². The van der Waals surface area contributed by atoms with Gasteiger partial charge in [0.25, 0.3) is 0 Å². The average Bonchev–Trinajstić information content (AvgIpc) is 2.41. The molecule has 0 atom stereocenters. The number of ether oxygens (including phenoxy) is 1. The Hall–Kier alpha value is -1.20. The Kier molecular flexibility index (Phi) is 4.37. The zero-order valence-corrected chi connectivity index (χ0v) is 13.1. The average molecular weight is 388 g/mol. The second-order valence-electron chi connectivity index (χ2n) is 3.80. The van der Waals surface area contributed by atoms with E-state index in [4.69, 9.17) is 4.74 Å². The molecular formula is C14H9Br2FO2. The quantitative estimate of drug-likeness (QED) is 0.720. The molecule has 0 saturated heterocycles. The monoisotopic (exact) mass is 386 g/mol. The predicted octanol–water partition coefficient (Wildman–Crippen LogP) is 4.59. The maximum Gasteiger partial charge on any atom is 0.197 e. The SMILES string of the molecule is COc1ccc(Br)c(C(=O)c2cc(Br)ccc2F)c1. The highest BCUT2D eigenvalue weighted by Gasteiger charge is 2.17. The Morgan fingerprint density at radius 1 is 1.11 bits per heavy atom. The minimum Gasteiger partial charge on any atom is -0.497 e. The number of rotatable bonds is 3. The van der Waals surface area contributed by atoms with Crippen LogP contribution in [-0.2, 0) is 0 Å². The fourth-order valence-corrected chi connectivity index (χ4v) is 2.41. The number of carbonyl (C=O) groups is 1. The molecule has 2 rings (SSSR count). The first-order valence-electron chi connectivity index (χ1n) is 5.36. The summed E-state index contributed by atoms with van der Waals surface area (Å²) >= 11 is 6.52. The van der Waals surface area contributed by atoms with Gasteiger partial charge in [-0.2, -0.15) is 0 Å². The summed E-state index contributed by atoms with van der Waals surface area (Å²) in [7, 11) is 1.51. The molecule has 0 bridgehead atoms. The van der Waals surface area contributed by atoms with E-state index in [0.717, 1.165) is 0 Å². The minimum atomic E-state index is -0.553. The predicted molar refractivity (Wildman–Crippen MR) is 78.2 cm³/mol. The van der Waals surface area contributed by atoms with Crippen molar-refractivity contribution in [2.75, 3.05) is 7.11 Å². The first-order chi connectivity index (χ1) is 9.02. The van der Waals surface area contributed by atoms with Gasteiger partial charge in [-0.1, -0.05) is 31.9 Å². The van der Waals surface area contributed by atoms with Crippen LogP contribution in [0.25, 0.3) is 0 Å². The molecule has 2 aromatic rings. The highest BCUT2D eigenvalue weighted by Crippen LogP contribution is 2.26. The lowest BCUT2D eigenvalue weighted by Gasteiger charge is -2.08. The van der Waals surface area contributed by atoms with Gasteiger partial charge in [0.05, 0.1) is 12.7 Å². The number of methoxy groups -OCH3 is 1. The van der Waals surface area contributed by atoms with Crippen molar-refractivity contribution in [3.05, 3.63) is 62.3 Å². The minimum absolute atomic E-state index is 0.0170. The summed E-state index contributed by atoms with van der Waals surface area (Å²) in [4.78, 5) is 12.4. The molecule has 0 aromatic heterocycles. The molecule has 0 radical (unpaired) electrons. The van der Waals surface area contributed by atoms with Crippen molar-refractivity contribution >= 4 is 37.6 Å². The smallest absolute Gasteiger partial charge is 0.197 e. The third-order valence-corrected chi connectivity index (χ3v) is 3.78. The zero-order chi connectivity index (χ0) is 14.0. The van der Waals surface area contributed by atoms with E-state index >= 15 is 0 Å². The van der Waals surface area contributed by atoms with Crippen molar-refractivity contribution in [3.63, 3.8) is 0 Å². The largest absolute Gasteiger partial charge is 0.497 e. The van der Waals surface area contributed by atoms with E-state index < -0.39 is 11.6 Å². The number of hydrogen-bond donors (Lipinski definition) is 0. The van der Waals surface area contributed by atoms with E-state index in [1.807, 2.05) is 0 Å². The second kappa shape index (κ2) is 5.84. The van der Waals surface area contributed by atoms with Gasteiger partial charge in [-0.25, -0.2) is 4.39 Å². The normalized spacial score (nSPS) is 10.3. The molecule has 5 heteroatoms. The van der Waals surface area contributed by atoms with Gasteiger partial charge < -0.3 is 4.74 Å². The molecule has 0 aliphatic heterocycles. The summed E-state index contributed by atoms with van der Waals surface area (Å²) in [5, 5.41) is 0. The van der Waals surface area contributed by atoms with Gasteiger partial charge in [0.15, 0.2) is 5.78 Å². The molecule has 0 N–H and O–H groups in total. The molecular weight excluding hydrogens is 379 g/mol. The maximum atomic E-state index is 13.7. The first-order valence-corrected chi connectivity index (χ1v) is 6.95. The lowest BCUT2D eigenvalue weighted by Crippen LogP contribution is -2.05. The van der Waals surface area contributed by atoms with Crippen LogP contribution in [-0.4, -0.2) is 12.9 Å². The first kappa shape index (κ1) is 14.2. The number of carbonyl (C=O) groups excluding carboxylic acids is 1. The summed E-state index contributed by atoms with van der Waals surface area (Å²) in [5.74, 6) is -0.408. The number of ketones is 1. The number of hydrogen-bond acceptors (Lipinski definition) is 2. The van der Waals surface area contributed by atoms with E-state index in [-0.39, 0.29) is 5.56 Å². The van der Waals surface area contributed by atoms with E-state index in [2.05, 4.69) is 31.9 Å². The van der Waals surface area contributed by atoms with Crippen molar-refractivity contribution in [1.82, 2.24) is 0 Å². The van der Waals surface area contributed by atoms with Gasteiger partial charge in [0.2, 0.25) is 0 Å². The van der Waals surface area contributed by atoms with E-state index in [9.17, 15) is 9.18 Å². The number of benzene rings is 2. The molecule has 98 valence electrons. The van der Waals surface area contributed by atoms with Crippen LogP contribution in [0.5, 0.6) is 5.75 Å². The molecule has 0 aliphatic rings. The highest BCUT2D eigenvalue weighted by atomic mass is 79.9. The fourth-order valence-electron chi connectivity index (χ4n) is 1.62. The van der Waals surface area contributed by atoms with Crippen LogP contribution in [0.1, 0.15) is 15.9 Å². The lowest BCUT2D eigenvalue weighted by molar-refractivity contribution is 0.103. The van der Waals surface area contributed by atoms with Crippen molar-refractivity contribution in [2.45, 2.75) is 0 Å². The molecule has 0 amide bonds. The van der Waals surface area contributed by atoms with Crippen LogP contribution in [0.15, 0.2) is 45.3 Å². The summed E-state index contributed by atoms with van der Waals surface area (Å²) in [6, 6.07) is 9.26. The molecule has 0 saturated carbocycles. The molecule has 0 spiro atoms. The topological polar surface area (TPSA) is 26.3 Å². The molecule has 0 aliphatic carbocycles. The van der Waals surface area contributed by atoms with Crippen molar-refractivity contribution in [3.8, 4) is 5.75 Å². The molecule has 0 fully saturated rings. The van der Waals surface area contributed by atoms with Crippen LogP contribution in [0.2, 0.25) is 0 Å². The fraction of sp³-hybridized carbons (Fsp3) is 0.0714. The maximum absolute atomic E-state index is 13.7. The standard InChI is InChI=1S/C14H9Br2FO2/c1-19-9-3-4-12(16)10(7-9)14(18)11-6-8(15)2-5-13(11)17/h2-7H,1H3. The molecule has 2 nitrogen and oxygen atoms in total. The van der Waals surface area contributed by atoms with E-state index in [1.165, 1.54) is 19.2 Å². The molecule has 19 heavy (non-hydrogen) atoms. The third-order valence-electron chi connectivity index (χ3n) is 2.59. The third kappa shape index (κ3) is 3.04. The van der Waals surface area contributed by atoms with Crippen molar-refractivity contribution < 1.29 is 13.9 Å². The van der Waals surface area contributed by atoms with Gasteiger partial charge >= 0.3 is 0 Å². The summed E-state index contributed by atoms with van der Waals surface area (Å²) in [6.07, 6.45) is 0. The van der Waals surface area contributed by atoms with Gasteiger partial charge in [0, 0.05) is 14.5 Å². The van der Waals surface area contributed by atoms with Crippen LogP contribution in [0.4, 0.5) is 4.39 Å². The van der Waals surface area contributed by atoms with E-state index in [0.29, 0.717) is 20.3 Å². The molecule has 0 unspecified atom stereocenters. The van der Waals surface area contributed by atoms with Crippen LogP contribution >= 0.6 is 31.9 Å². The summed E-state index contributed by atoms with van der Waals surface area (Å²) < 4.78 is 20.0. The zero-order valence-electron chi connectivity index (χ0n) is 9.91. The molecule has 0 heterocycles. The Morgan fingerprint density at radius 2 is 1.84 bits per heavy atom. The van der Waals surface area contributed by atoms with E-state index in [1.54, 1.807) is 24.3 Å². The summed E-state index contributed by atoms with van der Waals surface area (Å²) in [5.41, 5.74) is 0.375. The Labute approximate surface area is 126 Å². The van der Waals surface area contributed by atoms with Gasteiger partial charge in [-0.3, -0.25) is 4.79 Å². The van der Waals surface area contributed by atoms with Gasteiger partial charge in [0.1, 0.15) is 11.6 Å². The van der Waals surface area contributed by atoms with Crippen molar-refractivity contribution in [1.29, 1.82) is 0 Å². The lowest BCUT2D eigenvalue weighted by atomic mass is 10.0. The van der Waals surface area contributed by atoms with Crippen LogP contribution in [0, 0.1) is 5.82 Å². The Morgan fingerprint density at radius 3 is 2.53 bits per heavy atom. The number of halogens is 3. The van der Waals surface area contributed by atoms with Crippen LogP contribution in [0.3, 0.4) is 0 Å². The van der Waals surface area contributed by atoms with Gasteiger partial charge in [-0.05, 0) is 36.4 Å². The van der Waals surface area contributed by atoms with Crippen LogP contribution < -0.4 is 4.74 Å². The second-order valence-corrected chi connectivity index (χ2v) is 5.57. The Bertz CT molecular complexity index is 641. The summed E-state index contributed by atoms with van der Waals surface area (Å²) in [6.45, 7) is 0. The molecule has 2 aromatic carbocycles. The Balaban J connectivity index is 2.52.